The first-order chi connectivity index (χ1) is 11.3. The summed E-state index contributed by atoms with van der Waals surface area (Å²) in [6.45, 7) is 3.04. The van der Waals surface area contributed by atoms with Gasteiger partial charge in [0.2, 0.25) is 0 Å². The van der Waals surface area contributed by atoms with Crippen LogP contribution in [0.1, 0.15) is 13.8 Å². The van der Waals surface area contributed by atoms with Crippen LogP contribution in [0.25, 0.3) is 0 Å². The SMILES string of the molecule is COC(=O)N[C@@H](C)COC(=O)/C=C/C(=O)OC[C@H](C)NC(=O)OC. The van der Waals surface area contributed by atoms with Crippen molar-refractivity contribution in [3.05, 3.63) is 12.2 Å². The number of carbonyl (C=O) groups is 4. The lowest BCUT2D eigenvalue weighted by molar-refractivity contribution is -0.141. The predicted octanol–water partition coefficient (Wildman–Crippen LogP) is 0.118. The molecule has 0 spiro atoms. The van der Waals surface area contributed by atoms with Crippen molar-refractivity contribution in [3.63, 3.8) is 0 Å². The largest absolute Gasteiger partial charge is 0.460 e. The Hall–Kier alpha value is -2.78. The Morgan fingerprint density at radius 3 is 1.42 bits per heavy atom. The van der Waals surface area contributed by atoms with Crippen molar-refractivity contribution >= 4 is 24.1 Å². The molecular formula is C14H22N2O8. The Morgan fingerprint density at radius 1 is 0.792 bits per heavy atom. The van der Waals surface area contributed by atoms with Crippen LogP contribution in [0.5, 0.6) is 0 Å². The molecule has 10 nitrogen and oxygen atoms in total. The van der Waals surface area contributed by atoms with Gasteiger partial charge in [-0.05, 0) is 13.8 Å². The van der Waals surface area contributed by atoms with Crippen molar-refractivity contribution in [2.45, 2.75) is 25.9 Å². The fourth-order valence-corrected chi connectivity index (χ4v) is 1.25. The van der Waals surface area contributed by atoms with E-state index in [1.165, 1.54) is 14.2 Å². The maximum Gasteiger partial charge on any atom is 0.407 e. The predicted molar refractivity (Wildman–Crippen MR) is 81.1 cm³/mol. The molecule has 2 N–H and O–H groups in total. The van der Waals surface area contributed by atoms with Gasteiger partial charge in [-0.25, -0.2) is 19.2 Å². The second-order valence-corrected chi connectivity index (χ2v) is 4.67. The van der Waals surface area contributed by atoms with Gasteiger partial charge in [0.15, 0.2) is 0 Å². The van der Waals surface area contributed by atoms with Crippen molar-refractivity contribution in [2.24, 2.45) is 0 Å². The monoisotopic (exact) mass is 346 g/mol. The van der Waals surface area contributed by atoms with Crippen LogP contribution in [0.2, 0.25) is 0 Å². The molecule has 0 aromatic carbocycles. The molecule has 0 unspecified atom stereocenters. The van der Waals surface area contributed by atoms with Gasteiger partial charge in [0.05, 0.1) is 26.3 Å². The summed E-state index contributed by atoms with van der Waals surface area (Å²) in [6, 6.07) is -0.904. The van der Waals surface area contributed by atoms with E-state index in [0.717, 1.165) is 12.2 Å². The minimum atomic E-state index is -0.772. The van der Waals surface area contributed by atoms with Gasteiger partial charge in [0.25, 0.3) is 0 Å². The fraction of sp³-hybridized carbons (Fsp3) is 0.571. The Bertz CT molecular complexity index is 435. The van der Waals surface area contributed by atoms with E-state index in [-0.39, 0.29) is 13.2 Å². The maximum atomic E-state index is 11.4. The van der Waals surface area contributed by atoms with Crippen LogP contribution in [0.3, 0.4) is 0 Å². The molecule has 0 aromatic heterocycles. The summed E-state index contributed by atoms with van der Waals surface area (Å²) in [7, 11) is 2.42. The lowest BCUT2D eigenvalue weighted by Gasteiger charge is -2.12. The molecule has 10 heteroatoms. The number of carbonyl (C=O) groups excluding carboxylic acids is 4. The normalized spacial score (nSPS) is 12.7. The topological polar surface area (TPSA) is 129 Å². The Kier molecular flexibility index (Phi) is 10.4. The number of esters is 2. The lowest BCUT2D eigenvalue weighted by atomic mass is 10.4. The first-order valence-corrected chi connectivity index (χ1v) is 6.99. The molecule has 2 amide bonds. The average Bonchev–Trinajstić information content (AvgIpc) is 2.55. The third kappa shape index (κ3) is 10.9. The third-order valence-electron chi connectivity index (χ3n) is 2.41. The number of hydrogen-bond donors (Lipinski definition) is 2. The summed E-state index contributed by atoms with van der Waals surface area (Å²) < 4.78 is 18.4. The minimum Gasteiger partial charge on any atom is -0.460 e. The average molecular weight is 346 g/mol. The van der Waals surface area contributed by atoms with E-state index in [4.69, 9.17) is 9.47 Å². The molecular weight excluding hydrogens is 324 g/mol. The van der Waals surface area contributed by atoms with Crippen LogP contribution in [-0.4, -0.2) is 63.6 Å². The van der Waals surface area contributed by atoms with Crippen LogP contribution >= 0.6 is 0 Å². The summed E-state index contributed by atoms with van der Waals surface area (Å²) in [4.78, 5) is 44.6. The summed E-state index contributed by atoms with van der Waals surface area (Å²) in [5.41, 5.74) is 0. The summed E-state index contributed by atoms with van der Waals surface area (Å²) in [5.74, 6) is -1.54. The van der Waals surface area contributed by atoms with Gasteiger partial charge < -0.3 is 29.6 Å². The van der Waals surface area contributed by atoms with Crippen LogP contribution in [0.15, 0.2) is 12.2 Å². The van der Waals surface area contributed by atoms with Gasteiger partial charge in [-0.1, -0.05) is 0 Å². The zero-order chi connectivity index (χ0) is 18.5. The van der Waals surface area contributed by atoms with Crippen LogP contribution < -0.4 is 10.6 Å². The maximum absolute atomic E-state index is 11.4. The van der Waals surface area contributed by atoms with Gasteiger partial charge in [0, 0.05) is 12.2 Å². The molecule has 0 radical (unpaired) electrons. The van der Waals surface area contributed by atoms with Crippen LogP contribution in [-0.2, 0) is 28.5 Å². The van der Waals surface area contributed by atoms with Crippen molar-refractivity contribution in [1.82, 2.24) is 10.6 Å². The molecule has 0 aliphatic heterocycles. The highest BCUT2D eigenvalue weighted by Crippen LogP contribution is 1.92. The van der Waals surface area contributed by atoms with Crippen molar-refractivity contribution in [2.75, 3.05) is 27.4 Å². The second-order valence-electron chi connectivity index (χ2n) is 4.67. The van der Waals surface area contributed by atoms with E-state index in [0.29, 0.717) is 0 Å². The number of amides is 2. The highest BCUT2D eigenvalue weighted by Gasteiger charge is 2.10. The number of ether oxygens (including phenoxy) is 4. The van der Waals surface area contributed by atoms with E-state index < -0.39 is 36.2 Å². The first-order valence-electron chi connectivity index (χ1n) is 6.99. The summed E-state index contributed by atoms with van der Waals surface area (Å²) in [6.07, 6.45) is 0.497. The molecule has 0 rings (SSSR count). The Labute approximate surface area is 139 Å². The van der Waals surface area contributed by atoms with Gasteiger partial charge in [-0.3, -0.25) is 0 Å². The molecule has 0 saturated heterocycles. The molecule has 0 heterocycles. The number of rotatable bonds is 8. The Morgan fingerprint density at radius 2 is 1.12 bits per heavy atom. The molecule has 0 aromatic rings. The molecule has 0 saturated carbocycles. The van der Waals surface area contributed by atoms with Crippen LogP contribution in [0.4, 0.5) is 9.59 Å². The smallest absolute Gasteiger partial charge is 0.407 e. The molecule has 0 aliphatic carbocycles. The van der Waals surface area contributed by atoms with Crippen molar-refractivity contribution in [1.29, 1.82) is 0 Å². The Balaban J connectivity index is 4.02. The molecule has 0 aliphatic rings. The van der Waals surface area contributed by atoms with Gasteiger partial charge in [0.1, 0.15) is 13.2 Å². The van der Waals surface area contributed by atoms with Gasteiger partial charge in [-0.15, -0.1) is 0 Å². The highest BCUT2D eigenvalue weighted by atomic mass is 16.6. The quantitative estimate of drug-likeness (QED) is 0.360. The number of hydrogen-bond acceptors (Lipinski definition) is 8. The van der Waals surface area contributed by atoms with E-state index in [1.54, 1.807) is 13.8 Å². The zero-order valence-electron chi connectivity index (χ0n) is 14.0. The standard InChI is InChI=1S/C14H22N2O8/c1-9(15-13(19)21-3)7-23-11(17)5-6-12(18)24-8-10(2)16-14(20)22-4/h5-6,9-10H,7-8H2,1-4H3,(H,15,19)(H,16,20)/b6-5+/t9-,10-/m0/s1. The molecule has 136 valence electrons. The van der Waals surface area contributed by atoms with Crippen molar-refractivity contribution in [3.8, 4) is 0 Å². The number of methoxy groups -OCH3 is 2. The first kappa shape index (κ1) is 21.2. The lowest BCUT2D eigenvalue weighted by Crippen LogP contribution is -2.36. The van der Waals surface area contributed by atoms with E-state index in [1.807, 2.05) is 0 Å². The van der Waals surface area contributed by atoms with Crippen molar-refractivity contribution < 1.29 is 38.1 Å². The highest BCUT2D eigenvalue weighted by molar-refractivity contribution is 5.91. The second kappa shape index (κ2) is 11.7. The fourth-order valence-electron chi connectivity index (χ4n) is 1.25. The van der Waals surface area contributed by atoms with Gasteiger partial charge in [-0.2, -0.15) is 0 Å². The van der Waals surface area contributed by atoms with E-state index >= 15 is 0 Å². The summed E-state index contributed by atoms with van der Waals surface area (Å²) in [5, 5.41) is 4.81. The molecule has 0 fully saturated rings. The summed E-state index contributed by atoms with van der Waals surface area (Å²) >= 11 is 0. The molecule has 2 atom stereocenters. The number of nitrogens with one attached hydrogen (secondary N) is 2. The molecule has 24 heavy (non-hydrogen) atoms. The van der Waals surface area contributed by atoms with Gasteiger partial charge >= 0.3 is 24.1 Å². The van der Waals surface area contributed by atoms with E-state index in [2.05, 4.69) is 20.1 Å². The minimum absolute atomic E-state index is 0.0899. The number of alkyl carbamates (subject to hydrolysis) is 2. The third-order valence-corrected chi connectivity index (χ3v) is 2.41. The molecule has 0 bridgehead atoms. The van der Waals surface area contributed by atoms with Crippen LogP contribution in [0, 0.1) is 0 Å². The van der Waals surface area contributed by atoms with E-state index in [9.17, 15) is 19.2 Å². The zero-order valence-corrected chi connectivity index (χ0v) is 14.0.